The fourth-order valence-corrected chi connectivity index (χ4v) is 2.71. The van der Waals surface area contributed by atoms with Crippen LogP contribution in [0.2, 0.25) is 0 Å². The topological polar surface area (TPSA) is 84.5 Å². The number of rotatable bonds is 6. The van der Waals surface area contributed by atoms with Crippen LogP contribution in [0.15, 0.2) is 6.07 Å². The molecule has 1 aromatic heterocycles. The van der Waals surface area contributed by atoms with Crippen LogP contribution in [0.1, 0.15) is 56.8 Å². The standard InChI is InChI=1S/C18H28N2O4S/c1-10(2)9-19-15(21)12(4)24-16(22)14-11(3)8-13(25-14)20-17(23)18(5,6)7/h8,10,12H,9H2,1-7H3,(H,19,21)(H,20,23)/t12-/m1/s1. The van der Waals surface area contributed by atoms with E-state index in [2.05, 4.69) is 10.6 Å². The molecular formula is C18H28N2O4S. The second-order valence-electron chi connectivity index (χ2n) is 7.51. The van der Waals surface area contributed by atoms with Crippen molar-refractivity contribution in [3.8, 4) is 0 Å². The summed E-state index contributed by atoms with van der Waals surface area (Å²) >= 11 is 1.15. The number of amides is 2. The van der Waals surface area contributed by atoms with E-state index in [4.69, 9.17) is 4.74 Å². The predicted octanol–water partition coefficient (Wildman–Crippen LogP) is 3.36. The van der Waals surface area contributed by atoms with Crippen molar-refractivity contribution in [1.82, 2.24) is 5.32 Å². The summed E-state index contributed by atoms with van der Waals surface area (Å²) in [7, 11) is 0. The van der Waals surface area contributed by atoms with E-state index >= 15 is 0 Å². The molecule has 0 aliphatic heterocycles. The molecule has 1 rings (SSSR count). The molecule has 0 bridgehead atoms. The Morgan fingerprint density at radius 2 is 1.80 bits per heavy atom. The summed E-state index contributed by atoms with van der Waals surface area (Å²) in [6.45, 7) is 13.3. The summed E-state index contributed by atoms with van der Waals surface area (Å²) in [5, 5.41) is 6.12. The number of carbonyl (C=O) groups excluding carboxylic acids is 3. The van der Waals surface area contributed by atoms with Crippen molar-refractivity contribution in [2.24, 2.45) is 11.3 Å². The van der Waals surface area contributed by atoms with E-state index in [9.17, 15) is 14.4 Å². The first kappa shape index (κ1) is 21.2. The Bertz CT molecular complexity index is 644. The number of aryl methyl sites for hydroxylation is 1. The van der Waals surface area contributed by atoms with Crippen molar-refractivity contribution in [2.75, 3.05) is 11.9 Å². The van der Waals surface area contributed by atoms with Gasteiger partial charge in [-0.1, -0.05) is 34.6 Å². The van der Waals surface area contributed by atoms with Crippen molar-refractivity contribution in [2.45, 2.75) is 54.6 Å². The van der Waals surface area contributed by atoms with Crippen molar-refractivity contribution in [3.63, 3.8) is 0 Å². The normalized spacial score (nSPS) is 12.6. The largest absolute Gasteiger partial charge is 0.448 e. The van der Waals surface area contributed by atoms with E-state index < -0.39 is 17.5 Å². The fourth-order valence-electron chi connectivity index (χ4n) is 1.76. The lowest BCUT2D eigenvalue weighted by Gasteiger charge is -2.16. The molecule has 0 fully saturated rings. The molecule has 0 aromatic carbocycles. The van der Waals surface area contributed by atoms with Crippen molar-refractivity contribution in [3.05, 3.63) is 16.5 Å². The zero-order valence-corrected chi connectivity index (χ0v) is 16.8. The van der Waals surface area contributed by atoms with Gasteiger partial charge in [0.2, 0.25) is 5.91 Å². The maximum Gasteiger partial charge on any atom is 0.349 e. The minimum Gasteiger partial charge on any atom is -0.448 e. The number of hydrogen-bond acceptors (Lipinski definition) is 5. The third-order valence-corrected chi connectivity index (χ3v) is 4.49. The van der Waals surface area contributed by atoms with Crippen LogP contribution in [-0.2, 0) is 14.3 Å². The number of nitrogens with one attached hydrogen (secondary N) is 2. The number of anilines is 1. The van der Waals surface area contributed by atoms with Crippen LogP contribution in [0.25, 0.3) is 0 Å². The summed E-state index contributed by atoms with van der Waals surface area (Å²) in [5.74, 6) is -0.695. The predicted molar refractivity (Wildman–Crippen MR) is 99.9 cm³/mol. The lowest BCUT2D eigenvalue weighted by Crippen LogP contribution is -2.37. The molecule has 2 amide bonds. The first-order valence-electron chi connectivity index (χ1n) is 8.32. The van der Waals surface area contributed by atoms with E-state index in [1.807, 2.05) is 34.6 Å². The SMILES string of the molecule is Cc1cc(NC(=O)C(C)(C)C)sc1C(=O)O[C@H](C)C(=O)NCC(C)C. The van der Waals surface area contributed by atoms with Gasteiger partial charge in [0, 0.05) is 12.0 Å². The van der Waals surface area contributed by atoms with Gasteiger partial charge in [0.25, 0.3) is 5.91 Å². The lowest BCUT2D eigenvalue weighted by atomic mass is 9.96. The lowest BCUT2D eigenvalue weighted by molar-refractivity contribution is -0.129. The molecule has 0 saturated heterocycles. The first-order chi connectivity index (χ1) is 11.4. The molecule has 25 heavy (non-hydrogen) atoms. The maximum atomic E-state index is 12.3. The Kier molecular flexibility index (Phi) is 7.17. The number of carbonyl (C=O) groups is 3. The molecule has 0 radical (unpaired) electrons. The molecule has 1 aromatic rings. The van der Waals surface area contributed by atoms with Gasteiger partial charge in [0.15, 0.2) is 6.10 Å². The number of ether oxygens (including phenoxy) is 1. The van der Waals surface area contributed by atoms with Crippen LogP contribution >= 0.6 is 11.3 Å². The van der Waals surface area contributed by atoms with Crippen LogP contribution < -0.4 is 10.6 Å². The third-order valence-electron chi connectivity index (χ3n) is 3.36. The highest BCUT2D eigenvalue weighted by atomic mass is 32.1. The van der Waals surface area contributed by atoms with Gasteiger partial charge < -0.3 is 15.4 Å². The van der Waals surface area contributed by atoms with Gasteiger partial charge >= 0.3 is 5.97 Å². The highest BCUT2D eigenvalue weighted by Gasteiger charge is 2.25. The van der Waals surface area contributed by atoms with Crippen molar-refractivity contribution >= 4 is 34.1 Å². The van der Waals surface area contributed by atoms with Crippen LogP contribution in [0, 0.1) is 18.3 Å². The highest BCUT2D eigenvalue weighted by molar-refractivity contribution is 7.18. The van der Waals surface area contributed by atoms with Gasteiger partial charge in [-0.15, -0.1) is 11.3 Å². The average molecular weight is 368 g/mol. The van der Waals surface area contributed by atoms with Crippen molar-refractivity contribution in [1.29, 1.82) is 0 Å². The summed E-state index contributed by atoms with van der Waals surface area (Å²) < 4.78 is 5.24. The summed E-state index contributed by atoms with van der Waals surface area (Å²) in [4.78, 5) is 36.7. The Morgan fingerprint density at radius 3 is 2.32 bits per heavy atom. The van der Waals surface area contributed by atoms with E-state index in [1.165, 1.54) is 0 Å². The summed E-state index contributed by atoms with van der Waals surface area (Å²) in [6.07, 6.45) is -0.875. The second-order valence-corrected chi connectivity index (χ2v) is 8.57. The molecule has 0 saturated carbocycles. The molecule has 6 nitrogen and oxygen atoms in total. The highest BCUT2D eigenvalue weighted by Crippen LogP contribution is 2.29. The molecule has 1 atom stereocenters. The molecule has 1 heterocycles. The Labute approximate surface area is 153 Å². The quantitative estimate of drug-likeness (QED) is 0.754. The second kappa shape index (κ2) is 8.47. The molecule has 140 valence electrons. The van der Waals surface area contributed by atoms with E-state index in [1.54, 1.807) is 19.9 Å². The minimum absolute atomic E-state index is 0.130. The summed E-state index contributed by atoms with van der Waals surface area (Å²) in [6, 6.07) is 1.73. The van der Waals surface area contributed by atoms with Gasteiger partial charge in [0.1, 0.15) is 4.88 Å². The molecule has 0 aliphatic carbocycles. The minimum atomic E-state index is -0.875. The molecule has 2 N–H and O–H groups in total. The monoisotopic (exact) mass is 368 g/mol. The molecule has 0 aliphatic rings. The number of thiophene rings is 1. The Balaban J connectivity index is 2.73. The van der Waals surface area contributed by atoms with Gasteiger partial charge in [-0.05, 0) is 31.4 Å². The Morgan fingerprint density at radius 1 is 1.20 bits per heavy atom. The fraction of sp³-hybridized carbons (Fsp3) is 0.611. The van der Waals surface area contributed by atoms with Crippen molar-refractivity contribution < 1.29 is 19.1 Å². The van der Waals surface area contributed by atoms with Crippen LogP contribution in [0.5, 0.6) is 0 Å². The van der Waals surface area contributed by atoms with E-state index in [0.29, 0.717) is 27.9 Å². The molecular weight excluding hydrogens is 340 g/mol. The van der Waals surface area contributed by atoms with Gasteiger partial charge in [0.05, 0.1) is 5.00 Å². The first-order valence-corrected chi connectivity index (χ1v) is 9.14. The third kappa shape index (κ3) is 6.49. The maximum absolute atomic E-state index is 12.3. The molecule has 0 spiro atoms. The van der Waals surface area contributed by atoms with Gasteiger partial charge in [-0.25, -0.2) is 4.79 Å². The zero-order chi connectivity index (χ0) is 19.4. The van der Waals surface area contributed by atoms with Crippen LogP contribution in [-0.4, -0.2) is 30.4 Å². The van der Waals surface area contributed by atoms with E-state index in [-0.39, 0.29) is 11.8 Å². The van der Waals surface area contributed by atoms with Crippen LogP contribution in [0.3, 0.4) is 0 Å². The Hall–Kier alpha value is -1.89. The zero-order valence-electron chi connectivity index (χ0n) is 16.0. The summed E-state index contributed by atoms with van der Waals surface area (Å²) in [5.41, 5.74) is 0.177. The molecule has 7 heteroatoms. The van der Waals surface area contributed by atoms with Gasteiger partial charge in [-0.2, -0.15) is 0 Å². The van der Waals surface area contributed by atoms with E-state index in [0.717, 1.165) is 11.3 Å². The average Bonchev–Trinajstić information content (AvgIpc) is 2.84. The number of esters is 1. The van der Waals surface area contributed by atoms with Gasteiger partial charge in [-0.3, -0.25) is 9.59 Å². The van der Waals surface area contributed by atoms with Crippen LogP contribution in [0.4, 0.5) is 5.00 Å². The smallest absolute Gasteiger partial charge is 0.349 e. The molecule has 0 unspecified atom stereocenters. The number of hydrogen-bond donors (Lipinski definition) is 2.